The van der Waals surface area contributed by atoms with Gasteiger partial charge >= 0.3 is 10.1 Å². The monoisotopic (exact) mass is 539 g/mol. The van der Waals surface area contributed by atoms with E-state index in [0.717, 1.165) is 37.4 Å². The molecule has 10 heteroatoms. The average molecular weight is 540 g/mol. The third-order valence-electron chi connectivity index (χ3n) is 5.75. The van der Waals surface area contributed by atoms with Crippen LogP contribution >= 0.6 is 23.4 Å². The maximum atomic E-state index is 12.5. The largest absolute Gasteiger partial charge is 0.379 e. The number of aliphatic imine (C=N–C) groups is 1. The lowest BCUT2D eigenvalue weighted by molar-refractivity contribution is -0.113. The summed E-state index contributed by atoms with van der Waals surface area (Å²) < 4.78 is 30.0. The quantitative estimate of drug-likeness (QED) is 0.337. The fourth-order valence-corrected chi connectivity index (χ4v) is 6.00. The summed E-state index contributed by atoms with van der Waals surface area (Å²) in [4.78, 5) is 21.8. The number of amidine groups is 1. The van der Waals surface area contributed by atoms with Crippen LogP contribution in [0.1, 0.15) is 5.56 Å². The van der Waals surface area contributed by atoms with E-state index in [0.29, 0.717) is 15.1 Å². The van der Waals surface area contributed by atoms with Crippen LogP contribution in [0.15, 0.2) is 93.7 Å². The Hall–Kier alpha value is -3.27. The molecule has 0 aliphatic carbocycles. The predicted octanol–water partition coefficient (Wildman–Crippen LogP) is 4.90. The molecule has 2 heterocycles. The molecule has 5 rings (SSSR count). The van der Waals surface area contributed by atoms with Crippen molar-refractivity contribution in [1.29, 1.82) is 0 Å². The smallest absolute Gasteiger partial charge is 0.339 e. The number of anilines is 1. The Morgan fingerprint density at radius 2 is 1.58 bits per heavy atom. The number of thioether (sulfide) groups is 1. The zero-order valence-corrected chi connectivity index (χ0v) is 21.5. The molecule has 0 atom stereocenters. The number of benzene rings is 3. The topological polar surface area (TPSA) is 79.3 Å². The second-order valence-corrected chi connectivity index (χ2v) is 11.2. The Morgan fingerprint density at radius 1 is 0.889 bits per heavy atom. The van der Waals surface area contributed by atoms with Gasteiger partial charge in [-0.1, -0.05) is 48.0 Å². The molecule has 0 spiro atoms. The highest BCUT2D eigenvalue weighted by atomic mass is 35.5. The molecule has 36 heavy (non-hydrogen) atoms. The lowest BCUT2D eigenvalue weighted by Gasteiger charge is -2.36. The number of piperazine rings is 1. The zero-order valence-electron chi connectivity index (χ0n) is 19.1. The molecule has 2 aliphatic rings. The summed E-state index contributed by atoms with van der Waals surface area (Å²) in [6.07, 6.45) is 1.75. The van der Waals surface area contributed by atoms with Gasteiger partial charge in [0.2, 0.25) is 0 Å². The molecule has 1 amide bonds. The minimum atomic E-state index is -3.91. The Bertz CT molecular complexity index is 1430. The standard InChI is InChI=1S/C26H22ClN3O4S2/c27-20-5-4-6-21(18-20)29-13-15-30(16-14-29)26-28-25(31)24(35-26)17-19-9-11-22(12-10-19)34-36(32,33)23-7-2-1-3-8-23/h1-12,17-18H,13-16H2/b24-17+. The SMILES string of the molecule is O=C1N=C(N2CCN(c3cccc(Cl)c3)CC2)S/C1=C/c1ccc(OS(=O)(=O)c2ccccc2)cc1. The van der Waals surface area contributed by atoms with Crippen molar-refractivity contribution < 1.29 is 17.4 Å². The Balaban J connectivity index is 1.20. The molecule has 0 aromatic heterocycles. The summed E-state index contributed by atoms with van der Waals surface area (Å²) in [6, 6.07) is 22.3. The third kappa shape index (κ3) is 5.59. The minimum Gasteiger partial charge on any atom is -0.379 e. The van der Waals surface area contributed by atoms with E-state index in [1.807, 2.05) is 24.3 Å². The molecule has 1 saturated heterocycles. The van der Waals surface area contributed by atoms with E-state index in [4.69, 9.17) is 15.8 Å². The van der Waals surface area contributed by atoms with Crippen LogP contribution in [0.4, 0.5) is 5.69 Å². The molecule has 0 N–H and O–H groups in total. The number of carbonyl (C=O) groups excluding carboxylic acids is 1. The van der Waals surface area contributed by atoms with Gasteiger partial charge in [-0.3, -0.25) is 4.79 Å². The van der Waals surface area contributed by atoms with E-state index >= 15 is 0 Å². The van der Waals surface area contributed by atoms with Crippen molar-refractivity contribution in [3.8, 4) is 5.75 Å². The number of hydrogen-bond donors (Lipinski definition) is 0. The molecule has 184 valence electrons. The summed E-state index contributed by atoms with van der Waals surface area (Å²) >= 11 is 7.47. The number of nitrogens with zero attached hydrogens (tertiary/aromatic N) is 3. The van der Waals surface area contributed by atoms with Crippen LogP contribution in [-0.4, -0.2) is 50.6 Å². The molecule has 0 unspecified atom stereocenters. The third-order valence-corrected chi connectivity index (χ3v) is 8.29. The molecule has 3 aromatic rings. The van der Waals surface area contributed by atoms with E-state index in [1.54, 1.807) is 48.5 Å². The molecule has 2 aliphatic heterocycles. The summed E-state index contributed by atoms with van der Waals surface area (Å²) in [6.45, 7) is 3.11. The molecule has 0 bridgehead atoms. The van der Waals surface area contributed by atoms with Crippen LogP contribution in [0.3, 0.4) is 0 Å². The van der Waals surface area contributed by atoms with Crippen molar-refractivity contribution in [3.05, 3.63) is 94.4 Å². The number of halogens is 1. The summed E-state index contributed by atoms with van der Waals surface area (Å²) in [7, 11) is -3.91. The number of amides is 1. The average Bonchev–Trinajstić information content (AvgIpc) is 3.25. The second kappa shape index (κ2) is 10.4. The van der Waals surface area contributed by atoms with Gasteiger partial charge in [0.1, 0.15) is 10.6 Å². The first kappa shape index (κ1) is 24.4. The Morgan fingerprint density at radius 3 is 2.28 bits per heavy atom. The highest BCUT2D eigenvalue weighted by Crippen LogP contribution is 2.32. The van der Waals surface area contributed by atoms with Gasteiger partial charge in [-0.2, -0.15) is 13.4 Å². The number of hydrogen-bond acceptors (Lipinski definition) is 7. The molecule has 3 aromatic carbocycles. The highest BCUT2D eigenvalue weighted by Gasteiger charge is 2.28. The first-order valence-corrected chi connectivity index (χ1v) is 13.9. The van der Waals surface area contributed by atoms with Gasteiger partial charge in [0.15, 0.2) is 5.17 Å². The summed E-state index contributed by atoms with van der Waals surface area (Å²) in [5.41, 5.74) is 1.83. The van der Waals surface area contributed by atoms with Gasteiger partial charge in [-0.05, 0) is 65.9 Å². The van der Waals surface area contributed by atoms with Crippen molar-refractivity contribution in [3.63, 3.8) is 0 Å². The van der Waals surface area contributed by atoms with E-state index in [1.165, 1.54) is 23.9 Å². The first-order valence-electron chi connectivity index (χ1n) is 11.2. The molecule has 7 nitrogen and oxygen atoms in total. The van der Waals surface area contributed by atoms with Gasteiger partial charge in [0.05, 0.1) is 4.91 Å². The maximum absolute atomic E-state index is 12.5. The van der Waals surface area contributed by atoms with Crippen LogP contribution in [0.25, 0.3) is 6.08 Å². The number of carbonyl (C=O) groups is 1. The second-order valence-electron chi connectivity index (χ2n) is 8.18. The zero-order chi connectivity index (χ0) is 25.1. The van der Waals surface area contributed by atoms with Crippen LogP contribution < -0.4 is 9.08 Å². The molecular weight excluding hydrogens is 518 g/mol. The van der Waals surface area contributed by atoms with Gasteiger partial charge in [0, 0.05) is 36.9 Å². The van der Waals surface area contributed by atoms with Crippen molar-refractivity contribution in [2.45, 2.75) is 4.90 Å². The fourth-order valence-electron chi connectivity index (χ4n) is 3.89. The van der Waals surface area contributed by atoms with Gasteiger partial charge in [-0.15, -0.1) is 0 Å². The lowest BCUT2D eigenvalue weighted by atomic mass is 10.2. The van der Waals surface area contributed by atoms with Crippen LogP contribution in [0.2, 0.25) is 5.02 Å². The Labute approximate surface area is 219 Å². The fraction of sp³-hybridized carbons (Fsp3) is 0.154. The summed E-state index contributed by atoms with van der Waals surface area (Å²) in [5, 5.41) is 1.41. The van der Waals surface area contributed by atoms with Crippen molar-refractivity contribution in [2.24, 2.45) is 4.99 Å². The summed E-state index contributed by atoms with van der Waals surface area (Å²) in [5.74, 6) is -0.0832. The molecule has 0 saturated carbocycles. The predicted molar refractivity (Wildman–Crippen MR) is 144 cm³/mol. The van der Waals surface area contributed by atoms with Gasteiger partial charge in [-0.25, -0.2) is 0 Å². The van der Waals surface area contributed by atoms with Crippen molar-refractivity contribution in [2.75, 3.05) is 31.1 Å². The van der Waals surface area contributed by atoms with Crippen LogP contribution in [0.5, 0.6) is 5.75 Å². The molecular formula is C26H22ClN3O4S2. The highest BCUT2D eigenvalue weighted by molar-refractivity contribution is 8.18. The minimum absolute atomic E-state index is 0.0854. The van der Waals surface area contributed by atoms with Crippen molar-refractivity contribution >= 4 is 56.3 Å². The van der Waals surface area contributed by atoms with E-state index in [9.17, 15) is 13.2 Å². The normalized spacial score (nSPS) is 17.4. The maximum Gasteiger partial charge on any atom is 0.339 e. The van der Waals surface area contributed by atoms with E-state index in [-0.39, 0.29) is 16.6 Å². The van der Waals surface area contributed by atoms with Crippen LogP contribution in [0, 0.1) is 0 Å². The first-order chi connectivity index (χ1) is 17.4. The van der Waals surface area contributed by atoms with Crippen molar-refractivity contribution in [1.82, 2.24) is 4.90 Å². The Kier molecular flexibility index (Phi) is 7.04. The van der Waals surface area contributed by atoms with Gasteiger partial charge < -0.3 is 14.0 Å². The molecule has 1 fully saturated rings. The van der Waals surface area contributed by atoms with Crippen LogP contribution in [-0.2, 0) is 14.9 Å². The lowest BCUT2D eigenvalue weighted by Crippen LogP contribution is -2.47. The number of rotatable bonds is 5. The van der Waals surface area contributed by atoms with E-state index < -0.39 is 10.1 Å². The van der Waals surface area contributed by atoms with E-state index in [2.05, 4.69) is 14.8 Å². The van der Waals surface area contributed by atoms with Gasteiger partial charge in [0.25, 0.3) is 5.91 Å². The molecule has 0 radical (unpaired) electrons.